The lowest BCUT2D eigenvalue weighted by atomic mass is 9.50. The summed E-state index contributed by atoms with van der Waals surface area (Å²) in [6.45, 7) is 9.73. The second-order valence-electron chi connectivity index (χ2n) is 12.7. The van der Waals surface area contributed by atoms with Crippen LogP contribution in [-0.4, -0.2) is 48.6 Å². The number of ether oxygens (including phenoxy) is 5. The van der Waals surface area contributed by atoms with Crippen molar-refractivity contribution >= 4 is 5.97 Å². The summed E-state index contributed by atoms with van der Waals surface area (Å²) in [7, 11) is 0. The third-order valence-corrected chi connectivity index (χ3v) is 9.23. The maximum absolute atomic E-state index is 13.4. The molecule has 2 saturated heterocycles. The van der Waals surface area contributed by atoms with E-state index in [9.17, 15) is 4.79 Å². The van der Waals surface area contributed by atoms with Crippen LogP contribution in [0.5, 0.6) is 0 Å². The molecule has 4 atom stereocenters. The van der Waals surface area contributed by atoms with Crippen LogP contribution in [0.3, 0.4) is 0 Å². The van der Waals surface area contributed by atoms with Gasteiger partial charge in [-0.25, -0.2) is 0 Å². The normalized spacial score (nSPS) is 43.1. The van der Waals surface area contributed by atoms with Gasteiger partial charge in [-0.15, -0.1) is 0 Å². The summed E-state index contributed by atoms with van der Waals surface area (Å²) in [5.74, 6) is 0.552. The summed E-state index contributed by atoms with van der Waals surface area (Å²) in [4.78, 5) is 13.4. The molecule has 4 aliphatic carbocycles. The average Bonchev–Trinajstić information content (AvgIpc) is 2.73. The van der Waals surface area contributed by atoms with Gasteiger partial charge in [0, 0.05) is 32.5 Å². The van der Waals surface area contributed by atoms with Gasteiger partial charge < -0.3 is 23.7 Å². The minimum absolute atomic E-state index is 0.0902. The minimum Gasteiger partial charge on any atom is -0.458 e. The largest absolute Gasteiger partial charge is 0.458 e. The first-order valence-electron chi connectivity index (χ1n) is 13.5. The maximum Gasteiger partial charge on any atom is 0.312 e. The molecule has 4 saturated carbocycles. The quantitative estimate of drug-likeness (QED) is 0.463. The first-order chi connectivity index (χ1) is 15.6. The molecule has 6 nitrogen and oxygen atoms in total. The van der Waals surface area contributed by atoms with E-state index in [1.807, 2.05) is 13.8 Å². The number of esters is 1. The number of carbonyl (C=O) groups is 1. The standard InChI is InChI=1S/C27H44O6/c1-19(2)24(3,4)23(28)33-27-15-20-13-25(17-27,31-21-9-5-7-11-29-21)16-26(14-20,18-27)32-22-10-6-8-12-30-22/h19-22H,5-18H2,1-4H3. The molecule has 0 aromatic rings. The Bertz CT molecular complexity index is 684. The molecule has 2 heterocycles. The van der Waals surface area contributed by atoms with E-state index in [0.717, 1.165) is 90.3 Å². The number of rotatable bonds is 7. The lowest BCUT2D eigenvalue weighted by molar-refractivity contribution is -0.344. The first kappa shape index (κ1) is 24.0. The molecule has 6 rings (SSSR count). The molecule has 0 N–H and O–H groups in total. The van der Waals surface area contributed by atoms with Crippen LogP contribution in [-0.2, 0) is 28.5 Å². The van der Waals surface area contributed by atoms with E-state index in [1.165, 1.54) is 0 Å². The van der Waals surface area contributed by atoms with Crippen molar-refractivity contribution in [3.8, 4) is 0 Å². The summed E-state index contributed by atoms with van der Waals surface area (Å²) in [5.41, 5.74) is -1.74. The Kier molecular flexibility index (Phi) is 6.38. The molecule has 6 fully saturated rings. The van der Waals surface area contributed by atoms with E-state index in [2.05, 4.69) is 13.8 Å². The summed E-state index contributed by atoms with van der Waals surface area (Å²) in [5, 5.41) is 0. The molecule has 4 bridgehead atoms. The van der Waals surface area contributed by atoms with Crippen molar-refractivity contribution in [1.82, 2.24) is 0 Å². The zero-order chi connectivity index (χ0) is 23.3. The van der Waals surface area contributed by atoms with Crippen LogP contribution in [0.1, 0.15) is 105 Å². The number of hydrogen-bond acceptors (Lipinski definition) is 6. The van der Waals surface area contributed by atoms with Gasteiger partial charge in [-0.05, 0) is 83.5 Å². The lowest BCUT2D eigenvalue weighted by Crippen LogP contribution is -2.69. The molecule has 188 valence electrons. The van der Waals surface area contributed by atoms with Crippen LogP contribution in [0, 0.1) is 17.3 Å². The Hall–Kier alpha value is -0.690. The highest BCUT2D eigenvalue weighted by Crippen LogP contribution is 2.64. The topological polar surface area (TPSA) is 63.2 Å². The van der Waals surface area contributed by atoms with Crippen molar-refractivity contribution in [2.45, 2.75) is 134 Å². The van der Waals surface area contributed by atoms with E-state index in [-0.39, 0.29) is 35.7 Å². The van der Waals surface area contributed by atoms with Crippen LogP contribution in [0.4, 0.5) is 0 Å². The van der Waals surface area contributed by atoms with Gasteiger partial charge in [-0.2, -0.15) is 0 Å². The third kappa shape index (κ3) is 4.74. The third-order valence-electron chi connectivity index (χ3n) is 9.23. The SMILES string of the molecule is CC(C)C(C)(C)C(=O)OC12CC3CC(OC4CCCCO4)(C1)CC(OC1CCCCO1)(C3)C2. The van der Waals surface area contributed by atoms with Crippen molar-refractivity contribution in [1.29, 1.82) is 0 Å². The van der Waals surface area contributed by atoms with Gasteiger partial charge in [-0.1, -0.05) is 13.8 Å². The van der Waals surface area contributed by atoms with Gasteiger partial charge in [-0.3, -0.25) is 4.79 Å². The van der Waals surface area contributed by atoms with E-state index >= 15 is 0 Å². The molecule has 0 aromatic heterocycles. The van der Waals surface area contributed by atoms with Crippen molar-refractivity contribution in [3.63, 3.8) is 0 Å². The molecule has 4 unspecified atom stereocenters. The van der Waals surface area contributed by atoms with Crippen LogP contribution >= 0.6 is 0 Å². The van der Waals surface area contributed by atoms with Crippen molar-refractivity contribution in [2.75, 3.05) is 13.2 Å². The van der Waals surface area contributed by atoms with E-state index in [4.69, 9.17) is 23.7 Å². The molecule has 0 amide bonds. The Morgan fingerprint density at radius 3 is 1.76 bits per heavy atom. The van der Waals surface area contributed by atoms with Crippen molar-refractivity contribution in [2.24, 2.45) is 17.3 Å². The van der Waals surface area contributed by atoms with Gasteiger partial charge in [0.25, 0.3) is 0 Å². The van der Waals surface area contributed by atoms with E-state index in [1.54, 1.807) is 0 Å². The van der Waals surface area contributed by atoms with Gasteiger partial charge in [0.1, 0.15) is 5.60 Å². The highest BCUT2D eigenvalue weighted by Gasteiger charge is 2.67. The molecule has 0 radical (unpaired) electrons. The monoisotopic (exact) mass is 464 g/mol. The van der Waals surface area contributed by atoms with Crippen molar-refractivity contribution in [3.05, 3.63) is 0 Å². The summed E-state index contributed by atoms with van der Waals surface area (Å²) in [6.07, 6.45) is 11.4. The smallest absolute Gasteiger partial charge is 0.312 e. The summed E-state index contributed by atoms with van der Waals surface area (Å²) in [6, 6.07) is 0. The second-order valence-corrected chi connectivity index (χ2v) is 12.7. The Labute approximate surface area is 199 Å². The van der Waals surface area contributed by atoms with Gasteiger partial charge >= 0.3 is 5.97 Å². The van der Waals surface area contributed by atoms with Crippen molar-refractivity contribution < 1.29 is 28.5 Å². The fourth-order valence-corrected chi connectivity index (χ4v) is 7.28. The van der Waals surface area contributed by atoms with Gasteiger partial charge in [0.2, 0.25) is 0 Å². The zero-order valence-electron chi connectivity index (χ0n) is 21.2. The Morgan fingerprint density at radius 1 is 0.818 bits per heavy atom. The van der Waals surface area contributed by atoms with E-state index < -0.39 is 11.0 Å². The number of hydrogen-bond donors (Lipinski definition) is 0. The maximum atomic E-state index is 13.4. The van der Waals surface area contributed by atoms with Gasteiger partial charge in [0.15, 0.2) is 12.6 Å². The van der Waals surface area contributed by atoms with Crippen LogP contribution in [0.25, 0.3) is 0 Å². The minimum atomic E-state index is -0.523. The molecular weight excluding hydrogens is 420 g/mol. The Morgan fingerprint density at radius 2 is 1.30 bits per heavy atom. The molecule has 2 aliphatic heterocycles. The molecule has 6 aliphatic rings. The van der Waals surface area contributed by atoms with Crippen LogP contribution in [0.15, 0.2) is 0 Å². The Balaban J connectivity index is 1.42. The highest BCUT2D eigenvalue weighted by molar-refractivity contribution is 5.76. The average molecular weight is 465 g/mol. The second kappa shape index (κ2) is 8.76. The molecule has 0 spiro atoms. The van der Waals surface area contributed by atoms with Crippen LogP contribution < -0.4 is 0 Å². The fourth-order valence-electron chi connectivity index (χ4n) is 7.28. The van der Waals surface area contributed by atoms with E-state index in [0.29, 0.717) is 5.92 Å². The predicted molar refractivity (Wildman–Crippen MR) is 123 cm³/mol. The number of carbonyl (C=O) groups excluding carboxylic acids is 1. The highest BCUT2D eigenvalue weighted by atomic mass is 16.7. The molecule has 33 heavy (non-hydrogen) atoms. The summed E-state index contributed by atoms with van der Waals surface area (Å²) < 4.78 is 32.2. The zero-order valence-corrected chi connectivity index (χ0v) is 21.2. The fraction of sp³-hybridized carbons (Fsp3) is 0.963. The van der Waals surface area contributed by atoms with Gasteiger partial charge in [0.05, 0.1) is 16.6 Å². The lowest BCUT2D eigenvalue weighted by Gasteiger charge is -2.65. The first-order valence-corrected chi connectivity index (χ1v) is 13.5. The summed E-state index contributed by atoms with van der Waals surface area (Å²) >= 11 is 0. The molecule has 0 aromatic carbocycles. The molecular formula is C27H44O6. The van der Waals surface area contributed by atoms with Crippen LogP contribution in [0.2, 0.25) is 0 Å². The predicted octanol–water partition coefficient (Wildman–Crippen LogP) is 5.51. The molecule has 6 heteroatoms.